The highest BCUT2D eigenvalue weighted by molar-refractivity contribution is 6.05. The summed E-state index contributed by atoms with van der Waals surface area (Å²) in [5.74, 6) is -0.680. The Balaban J connectivity index is 1.72. The van der Waals surface area contributed by atoms with Crippen LogP contribution in [-0.4, -0.2) is 19.4 Å². The van der Waals surface area contributed by atoms with Crippen molar-refractivity contribution in [1.29, 1.82) is 0 Å². The zero-order valence-electron chi connectivity index (χ0n) is 14.4. The van der Waals surface area contributed by atoms with Crippen LogP contribution in [0.5, 0.6) is 0 Å². The van der Waals surface area contributed by atoms with Gasteiger partial charge in [0.05, 0.1) is 0 Å². The van der Waals surface area contributed by atoms with Crippen LogP contribution in [0.3, 0.4) is 0 Å². The van der Waals surface area contributed by atoms with Crippen molar-refractivity contribution in [3.63, 3.8) is 0 Å². The second kappa shape index (κ2) is 7.07. The monoisotopic (exact) mass is 365 g/mol. The van der Waals surface area contributed by atoms with E-state index in [9.17, 15) is 13.6 Å². The lowest BCUT2D eigenvalue weighted by Crippen LogP contribution is -2.59. The molecule has 0 atom stereocenters. The number of carbonyl (C=O) groups is 1. The molecule has 136 valence electrons. The summed E-state index contributed by atoms with van der Waals surface area (Å²) in [6.07, 6.45) is 0. The lowest BCUT2D eigenvalue weighted by molar-refractivity contribution is 0.248. The van der Waals surface area contributed by atoms with E-state index in [4.69, 9.17) is 0 Å². The van der Waals surface area contributed by atoms with Gasteiger partial charge >= 0.3 is 6.03 Å². The highest BCUT2D eigenvalue weighted by atomic mass is 19.1. The molecule has 3 aromatic carbocycles. The second-order valence-electron chi connectivity index (χ2n) is 6.25. The van der Waals surface area contributed by atoms with Gasteiger partial charge in [-0.3, -0.25) is 9.80 Å². The van der Waals surface area contributed by atoms with Crippen LogP contribution in [0.4, 0.5) is 30.6 Å². The molecule has 0 unspecified atom stereocenters. The fraction of sp³-hybridized carbons (Fsp3) is 0.0952. The topological polar surface area (TPSA) is 26.8 Å². The van der Waals surface area contributed by atoms with E-state index in [-0.39, 0.29) is 24.3 Å². The van der Waals surface area contributed by atoms with E-state index in [1.54, 1.807) is 34.1 Å². The Morgan fingerprint density at radius 3 is 1.56 bits per heavy atom. The van der Waals surface area contributed by atoms with E-state index >= 15 is 0 Å². The first kappa shape index (κ1) is 17.0. The average molecular weight is 365 g/mol. The molecule has 1 heterocycles. The molecule has 1 aliphatic rings. The molecule has 0 bridgehead atoms. The molecule has 0 spiro atoms. The third-order valence-corrected chi connectivity index (χ3v) is 4.48. The molecule has 4 nitrogen and oxygen atoms in total. The molecule has 27 heavy (non-hydrogen) atoms. The summed E-state index contributed by atoms with van der Waals surface area (Å²) in [7, 11) is 0. The molecule has 0 aliphatic carbocycles. The average Bonchev–Trinajstić information content (AvgIpc) is 2.70. The smallest absolute Gasteiger partial charge is 0.331 e. The molecule has 2 amide bonds. The predicted molar refractivity (Wildman–Crippen MR) is 102 cm³/mol. The molecule has 1 fully saturated rings. The number of hydrogen-bond donors (Lipinski definition) is 0. The molecule has 1 aliphatic heterocycles. The number of rotatable bonds is 3. The van der Waals surface area contributed by atoms with Crippen LogP contribution in [0.15, 0.2) is 78.9 Å². The first-order valence-electron chi connectivity index (χ1n) is 8.52. The third kappa shape index (κ3) is 3.46. The summed E-state index contributed by atoms with van der Waals surface area (Å²) in [6, 6.07) is 21.1. The Morgan fingerprint density at radius 2 is 1.04 bits per heavy atom. The Hall–Kier alpha value is -3.41. The number of halogens is 2. The van der Waals surface area contributed by atoms with Gasteiger partial charge in [0.15, 0.2) is 0 Å². The summed E-state index contributed by atoms with van der Waals surface area (Å²) in [6.45, 7) is 0.603. The van der Waals surface area contributed by atoms with Crippen molar-refractivity contribution < 1.29 is 13.6 Å². The van der Waals surface area contributed by atoms with Crippen molar-refractivity contribution in [3.8, 4) is 0 Å². The Kier molecular flexibility index (Phi) is 4.46. The first-order valence-corrected chi connectivity index (χ1v) is 8.52. The number of urea groups is 1. The van der Waals surface area contributed by atoms with Gasteiger partial charge in [-0.1, -0.05) is 18.2 Å². The number of benzene rings is 3. The highest BCUT2D eigenvalue weighted by Crippen LogP contribution is 2.28. The van der Waals surface area contributed by atoms with Gasteiger partial charge in [0.1, 0.15) is 25.0 Å². The van der Waals surface area contributed by atoms with Crippen LogP contribution in [0.2, 0.25) is 0 Å². The van der Waals surface area contributed by atoms with Crippen LogP contribution in [0.1, 0.15) is 0 Å². The van der Waals surface area contributed by atoms with E-state index in [1.165, 1.54) is 24.3 Å². The predicted octanol–water partition coefficient (Wildman–Crippen LogP) is 4.83. The normalized spacial score (nSPS) is 14.6. The fourth-order valence-electron chi connectivity index (χ4n) is 3.08. The number of anilines is 3. The SMILES string of the molecule is O=C1N(c2ccccc2)CN(c2ccc(F)cc2)CN1c1ccc(F)cc1. The maximum Gasteiger partial charge on any atom is 0.331 e. The van der Waals surface area contributed by atoms with Crippen molar-refractivity contribution in [3.05, 3.63) is 90.5 Å². The van der Waals surface area contributed by atoms with Gasteiger partial charge in [0.2, 0.25) is 0 Å². The van der Waals surface area contributed by atoms with Crippen LogP contribution in [0, 0.1) is 11.6 Å². The molecular formula is C21H17F2N3O. The maximum absolute atomic E-state index is 13.3. The largest absolute Gasteiger partial charge is 0.335 e. The van der Waals surface area contributed by atoms with Crippen molar-refractivity contribution in [2.45, 2.75) is 0 Å². The standard InChI is InChI=1S/C21H17F2N3O/c22-16-6-10-18(11-7-16)24-14-25(19-4-2-1-3-5-19)21(27)26(15-24)20-12-8-17(23)9-13-20/h1-13H,14-15H2. The minimum absolute atomic E-state index is 0.203. The van der Waals surface area contributed by atoms with Gasteiger partial charge in [-0.25, -0.2) is 13.6 Å². The second-order valence-corrected chi connectivity index (χ2v) is 6.25. The Labute approximate surface area is 155 Å². The number of carbonyl (C=O) groups excluding carboxylic acids is 1. The number of amides is 2. The molecular weight excluding hydrogens is 348 g/mol. The molecule has 0 N–H and O–H groups in total. The van der Waals surface area contributed by atoms with E-state index < -0.39 is 0 Å². The maximum atomic E-state index is 13.3. The van der Waals surface area contributed by atoms with Gasteiger partial charge in [-0.15, -0.1) is 0 Å². The fourth-order valence-corrected chi connectivity index (χ4v) is 3.08. The first-order chi connectivity index (χ1) is 13.1. The molecule has 6 heteroatoms. The van der Waals surface area contributed by atoms with Crippen molar-refractivity contribution in [1.82, 2.24) is 0 Å². The van der Waals surface area contributed by atoms with E-state index in [0.29, 0.717) is 12.4 Å². The molecule has 0 radical (unpaired) electrons. The van der Waals surface area contributed by atoms with Gasteiger partial charge in [0, 0.05) is 17.1 Å². The van der Waals surface area contributed by atoms with Gasteiger partial charge in [0.25, 0.3) is 0 Å². The third-order valence-electron chi connectivity index (χ3n) is 4.48. The summed E-state index contributed by atoms with van der Waals surface area (Å²) in [4.78, 5) is 18.3. The van der Waals surface area contributed by atoms with E-state index in [0.717, 1.165) is 11.4 Å². The summed E-state index contributed by atoms with van der Waals surface area (Å²) >= 11 is 0. The Bertz CT molecular complexity index is 930. The highest BCUT2D eigenvalue weighted by Gasteiger charge is 2.32. The van der Waals surface area contributed by atoms with Crippen LogP contribution >= 0.6 is 0 Å². The molecule has 0 saturated carbocycles. The zero-order valence-corrected chi connectivity index (χ0v) is 14.4. The summed E-state index contributed by atoms with van der Waals surface area (Å²) in [5, 5.41) is 0. The quantitative estimate of drug-likeness (QED) is 0.664. The van der Waals surface area contributed by atoms with Gasteiger partial charge in [-0.05, 0) is 60.7 Å². The van der Waals surface area contributed by atoms with Crippen LogP contribution in [-0.2, 0) is 0 Å². The molecule has 0 aromatic heterocycles. The van der Waals surface area contributed by atoms with E-state index in [1.807, 2.05) is 35.2 Å². The minimum atomic E-state index is -0.362. The summed E-state index contributed by atoms with van der Waals surface area (Å²) < 4.78 is 26.6. The molecule has 1 saturated heterocycles. The van der Waals surface area contributed by atoms with Crippen molar-refractivity contribution >= 4 is 23.1 Å². The van der Waals surface area contributed by atoms with Crippen LogP contribution < -0.4 is 14.7 Å². The number of hydrogen-bond acceptors (Lipinski definition) is 2. The minimum Gasteiger partial charge on any atom is -0.335 e. The lowest BCUT2D eigenvalue weighted by atomic mass is 10.2. The number of nitrogens with zero attached hydrogens (tertiary/aromatic N) is 3. The van der Waals surface area contributed by atoms with Crippen molar-refractivity contribution in [2.75, 3.05) is 28.0 Å². The zero-order chi connectivity index (χ0) is 18.8. The summed E-state index contributed by atoms with van der Waals surface area (Å²) in [5.41, 5.74) is 2.13. The van der Waals surface area contributed by atoms with Gasteiger partial charge < -0.3 is 4.90 Å². The molecule has 3 aromatic rings. The van der Waals surface area contributed by atoms with Crippen molar-refractivity contribution in [2.24, 2.45) is 0 Å². The van der Waals surface area contributed by atoms with Crippen LogP contribution in [0.25, 0.3) is 0 Å². The lowest BCUT2D eigenvalue weighted by Gasteiger charge is -2.43. The molecule has 4 rings (SSSR count). The van der Waals surface area contributed by atoms with E-state index in [2.05, 4.69) is 0 Å². The number of para-hydroxylation sites is 1. The Morgan fingerprint density at radius 1 is 0.593 bits per heavy atom. The van der Waals surface area contributed by atoms with Gasteiger partial charge in [-0.2, -0.15) is 0 Å².